The monoisotopic (exact) mass is 420 g/mol. The van der Waals surface area contributed by atoms with Gasteiger partial charge in [-0.25, -0.2) is 4.79 Å². The van der Waals surface area contributed by atoms with Gasteiger partial charge in [0.15, 0.2) is 5.78 Å². The molecule has 0 saturated heterocycles. The van der Waals surface area contributed by atoms with Gasteiger partial charge in [0.25, 0.3) is 5.56 Å². The largest absolute Gasteiger partial charge is 0.361 e. The highest BCUT2D eigenvalue weighted by Crippen LogP contribution is 2.18. The predicted molar refractivity (Wildman–Crippen MR) is 121 cm³/mol. The summed E-state index contributed by atoms with van der Waals surface area (Å²) >= 11 is 0. The van der Waals surface area contributed by atoms with Crippen LogP contribution in [0, 0.1) is 0 Å². The quantitative estimate of drug-likeness (QED) is 0.496. The summed E-state index contributed by atoms with van der Waals surface area (Å²) in [5.74, 6) is -0.411. The van der Waals surface area contributed by atoms with Crippen molar-refractivity contribution in [2.24, 2.45) is 0 Å². The Morgan fingerprint density at radius 3 is 2.13 bits per heavy atom. The second-order valence-electron chi connectivity index (χ2n) is 7.69. The van der Waals surface area contributed by atoms with Crippen LogP contribution in [-0.2, 0) is 24.4 Å². The van der Waals surface area contributed by atoms with E-state index in [1.54, 1.807) is 24.3 Å². The van der Waals surface area contributed by atoms with Crippen molar-refractivity contribution in [3.05, 3.63) is 104 Å². The number of hydrogen-bond acceptors (Lipinski definition) is 4. The van der Waals surface area contributed by atoms with Crippen LogP contribution in [0.4, 0.5) is 0 Å². The maximum atomic E-state index is 13.4. The van der Waals surface area contributed by atoms with E-state index in [0.717, 1.165) is 10.1 Å². The summed E-state index contributed by atoms with van der Waals surface area (Å²) in [6, 6.07) is 18.4. The highest BCUT2D eigenvalue weighted by molar-refractivity contribution is 5.95. The molecule has 3 aromatic rings. The molecule has 0 fully saturated rings. The molecule has 6 heteroatoms. The topological polar surface area (TPSA) is 70.3 Å². The summed E-state index contributed by atoms with van der Waals surface area (Å²) in [6.07, 6.45) is 0.430. The van der Waals surface area contributed by atoms with Gasteiger partial charge < -0.3 is 4.74 Å². The van der Waals surface area contributed by atoms with Gasteiger partial charge in [-0.1, -0.05) is 74.5 Å². The van der Waals surface area contributed by atoms with Gasteiger partial charge in [-0.2, -0.15) is 0 Å². The van der Waals surface area contributed by atoms with Gasteiger partial charge in [0.1, 0.15) is 6.73 Å². The number of carbonyl (C=O) groups is 1. The van der Waals surface area contributed by atoms with Crippen molar-refractivity contribution in [2.45, 2.75) is 46.4 Å². The number of aromatic nitrogens is 2. The van der Waals surface area contributed by atoms with E-state index in [2.05, 4.69) is 0 Å². The van der Waals surface area contributed by atoms with Gasteiger partial charge in [-0.05, 0) is 18.4 Å². The first-order valence-electron chi connectivity index (χ1n) is 10.5. The van der Waals surface area contributed by atoms with Crippen molar-refractivity contribution in [3.63, 3.8) is 0 Å². The van der Waals surface area contributed by atoms with Crippen LogP contribution < -0.4 is 11.2 Å². The summed E-state index contributed by atoms with van der Waals surface area (Å²) in [4.78, 5) is 39.5. The average Bonchev–Trinajstić information content (AvgIpc) is 2.77. The van der Waals surface area contributed by atoms with Crippen LogP contribution in [0.15, 0.2) is 70.3 Å². The van der Waals surface area contributed by atoms with Gasteiger partial charge in [0.05, 0.1) is 6.54 Å². The Balaban J connectivity index is 2.16. The molecule has 0 radical (unpaired) electrons. The zero-order chi connectivity index (χ0) is 22.4. The van der Waals surface area contributed by atoms with E-state index in [1.165, 1.54) is 4.57 Å². The number of ether oxygens (including phenoxy) is 1. The van der Waals surface area contributed by atoms with Crippen LogP contribution in [0.1, 0.15) is 53.9 Å². The van der Waals surface area contributed by atoms with Crippen LogP contribution in [0.5, 0.6) is 0 Å². The molecule has 31 heavy (non-hydrogen) atoms. The molecular weight excluding hydrogens is 392 g/mol. The molecule has 162 valence electrons. The molecule has 3 rings (SSSR count). The lowest BCUT2D eigenvalue weighted by Gasteiger charge is -2.21. The highest BCUT2D eigenvalue weighted by atomic mass is 16.5. The fraction of sp³-hybridized carbons (Fsp3) is 0.320. The Morgan fingerprint density at radius 2 is 1.55 bits per heavy atom. The number of benzene rings is 2. The first-order valence-corrected chi connectivity index (χ1v) is 10.5. The second-order valence-corrected chi connectivity index (χ2v) is 7.69. The standard InChI is InChI=1S/C25H28N2O4/c1-4-31-17-27-21(15-19-11-7-5-8-12-19)23(18(2)3)24(29)26(25(27)30)16-22(28)20-13-9-6-10-14-20/h5-14,18H,4,15-17H2,1-3H3. The van der Waals surface area contributed by atoms with E-state index in [0.29, 0.717) is 29.8 Å². The number of carbonyl (C=O) groups excluding carboxylic acids is 1. The molecule has 2 aromatic carbocycles. The molecule has 1 heterocycles. The zero-order valence-electron chi connectivity index (χ0n) is 18.2. The SMILES string of the molecule is CCOCn1c(Cc2ccccc2)c(C(C)C)c(=O)n(CC(=O)c2ccccc2)c1=O. The lowest BCUT2D eigenvalue weighted by Crippen LogP contribution is -2.45. The van der Waals surface area contributed by atoms with Crippen molar-refractivity contribution in [1.29, 1.82) is 0 Å². The van der Waals surface area contributed by atoms with Gasteiger partial charge >= 0.3 is 5.69 Å². The minimum absolute atomic E-state index is 0.0248. The number of nitrogens with zero attached hydrogens (tertiary/aromatic N) is 2. The summed E-state index contributed by atoms with van der Waals surface area (Å²) in [5, 5.41) is 0. The van der Waals surface area contributed by atoms with Crippen LogP contribution in [0.25, 0.3) is 0 Å². The third-order valence-corrected chi connectivity index (χ3v) is 5.19. The van der Waals surface area contributed by atoms with Gasteiger partial charge in [0, 0.05) is 29.8 Å². The summed E-state index contributed by atoms with van der Waals surface area (Å²) < 4.78 is 8.09. The summed E-state index contributed by atoms with van der Waals surface area (Å²) in [5.41, 5.74) is 1.68. The van der Waals surface area contributed by atoms with Crippen molar-refractivity contribution in [3.8, 4) is 0 Å². The molecule has 0 bridgehead atoms. The predicted octanol–water partition coefficient (Wildman–Crippen LogP) is 3.60. The van der Waals surface area contributed by atoms with E-state index in [4.69, 9.17) is 4.74 Å². The van der Waals surface area contributed by atoms with Crippen LogP contribution in [0.3, 0.4) is 0 Å². The van der Waals surface area contributed by atoms with Crippen molar-refractivity contribution in [2.75, 3.05) is 6.61 Å². The fourth-order valence-electron chi connectivity index (χ4n) is 3.64. The zero-order valence-corrected chi connectivity index (χ0v) is 18.2. The average molecular weight is 421 g/mol. The number of ketones is 1. The molecule has 0 saturated carbocycles. The van der Waals surface area contributed by atoms with E-state index in [9.17, 15) is 14.4 Å². The molecule has 0 N–H and O–H groups in total. The minimum Gasteiger partial charge on any atom is -0.361 e. The van der Waals surface area contributed by atoms with Crippen molar-refractivity contribution >= 4 is 5.78 Å². The van der Waals surface area contributed by atoms with E-state index >= 15 is 0 Å². The van der Waals surface area contributed by atoms with Crippen LogP contribution >= 0.6 is 0 Å². The van der Waals surface area contributed by atoms with E-state index in [1.807, 2.05) is 57.2 Å². The van der Waals surface area contributed by atoms with Gasteiger partial charge in [-0.15, -0.1) is 0 Å². The minimum atomic E-state index is -0.530. The Labute approximate surface area is 181 Å². The van der Waals surface area contributed by atoms with Crippen LogP contribution in [0.2, 0.25) is 0 Å². The Morgan fingerprint density at radius 1 is 0.935 bits per heavy atom. The Bertz CT molecular complexity index is 1150. The molecule has 0 aliphatic heterocycles. The third-order valence-electron chi connectivity index (χ3n) is 5.19. The smallest absolute Gasteiger partial charge is 0.333 e. The van der Waals surface area contributed by atoms with E-state index < -0.39 is 11.2 Å². The first-order chi connectivity index (χ1) is 14.9. The molecule has 0 aliphatic carbocycles. The molecule has 6 nitrogen and oxygen atoms in total. The van der Waals surface area contributed by atoms with Crippen molar-refractivity contribution < 1.29 is 9.53 Å². The number of hydrogen-bond donors (Lipinski definition) is 0. The Hall–Kier alpha value is -3.25. The lowest BCUT2D eigenvalue weighted by molar-refractivity contribution is 0.0799. The summed E-state index contributed by atoms with van der Waals surface area (Å²) in [7, 11) is 0. The summed E-state index contributed by atoms with van der Waals surface area (Å²) in [6.45, 7) is 5.83. The fourth-order valence-corrected chi connectivity index (χ4v) is 3.64. The highest BCUT2D eigenvalue weighted by Gasteiger charge is 2.23. The van der Waals surface area contributed by atoms with Crippen LogP contribution in [-0.4, -0.2) is 21.5 Å². The molecule has 1 aromatic heterocycles. The molecule has 0 atom stereocenters. The maximum Gasteiger partial charge on any atom is 0.333 e. The first kappa shape index (κ1) is 22.4. The molecule has 0 unspecified atom stereocenters. The van der Waals surface area contributed by atoms with Gasteiger partial charge in [0.2, 0.25) is 0 Å². The molecule has 0 aliphatic rings. The van der Waals surface area contributed by atoms with Gasteiger partial charge in [-0.3, -0.25) is 18.7 Å². The molecule has 0 amide bonds. The van der Waals surface area contributed by atoms with E-state index in [-0.39, 0.29) is 25.0 Å². The maximum absolute atomic E-state index is 13.4. The molecule has 0 spiro atoms. The number of Topliss-reactive ketones (excluding diaryl/α,β-unsaturated/α-hetero) is 1. The lowest BCUT2D eigenvalue weighted by atomic mass is 9.98. The molecular formula is C25H28N2O4. The van der Waals surface area contributed by atoms with Crippen molar-refractivity contribution in [1.82, 2.24) is 9.13 Å². The second kappa shape index (κ2) is 10.2. The number of rotatable bonds is 9. The Kier molecular flexibility index (Phi) is 7.36. The normalized spacial score (nSPS) is 11.1. The third kappa shape index (κ3) is 5.09.